The Kier molecular flexibility index (Phi) is 4.27. The molecular formula is C11H12BrFO2. The van der Waals surface area contributed by atoms with Gasteiger partial charge in [0.15, 0.2) is 0 Å². The zero-order chi connectivity index (χ0) is 11.4. The van der Waals surface area contributed by atoms with Crippen molar-refractivity contribution >= 4 is 21.9 Å². The predicted octanol–water partition coefficient (Wildman–Crippen LogP) is 3.25. The maximum Gasteiger partial charge on any atom is 0.313 e. The van der Waals surface area contributed by atoms with Gasteiger partial charge in [-0.25, -0.2) is 4.39 Å². The van der Waals surface area contributed by atoms with Crippen molar-refractivity contribution in [2.24, 2.45) is 0 Å². The van der Waals surface area contributed by atoms with Gasteiger partial charge in [0, 0.05) is 10.0 Å². The second kappa shape index (κ2) is 5.26. The minimum atomic E-state index is -0.571. The van der Waals surface area contributed by atoms with Crippen LogP contribution in [0.3, 0.4) is 0 Å². The molecule has 0 aliphatic carbocycles. The SMILES string of the molecule is CCOC(=O)C(C)c1ccc(Br)cc1F. The van der Waals surface area contributed by atoms with Crippen LogP contribution in [0, 0.1) is 5.82 Å². The van der Waals surface area contributed by atoms with Crippen LogP contribution < -0.4 is 0 Å². The molecule has 0 spiro atoms. The number of carbonyl (C=O) groups is 1. The lowest BCUT2D eigenvalue weighted by molar-refractivity contribution is -0.144. The normalized spacial score (nSPS) is 12.3. The van der Waals surface area contributed by atoms with E-state index in [1.807, 2.05) is 0 Å². The highest BCUT2D eigenvalue weighted by molar-refractivity contribution is 9.10. The molecule has 0 N–H and O–H groups in total. The van der Waals surface area contributed by atoms with Crippen molar-refractivity contribution in [2.45, 2.75) is 19.8 Å². The van der Waals surface area contributed by atoms with Gasteiger partial charge in [-0.15, -0.1) is 0 Å². The van der Waals surface area contributed by atoms with E-state index in [2.05, 4.69) is 15.9 Å². The molecule has 0 aromatic heterocycles. The molecule has 82 valence electrons. The van der Waals surface area contributed by atoms with Gasteiger partial charge in [0.2, 0.25) is 0 Å². The van der Waals surface area contributed by atoms with Gasteiger partial charge in [0.05, 0.1) is 12.5 Å². The third kappa shape index (κ3) is 3.02. The zero-order valence-corrected chi connectivity index (χ0v) is 10.2. The van der Waals surface area contributed by atoms with Gasteiger partial charge >= 0.3 is 5.97 Å². The molecule has 1 atom stereocenters. The fraction of sp³-hybridized carbons (Fsp3) is 0.364. The fourth-order valence-corrected chi connectivity index (χ4v) is 1.58. The maximum absolute atomic E-state index is 13.5. The first-order valence-corrected chi connectivity index (χ1v) is 5.47. The first-order valence-electron chi connectivity index (χ1n) is 4.67. The summed E-state index contributed by atoms with van der Waals surface area (Å²) in [5, 5.41) is 0. The first kappa shape index (κ1) is 12.2. The number of hydrogen-bond acceptors (Lipinski definition) is 2. The Hall–Kier alpha value is -0.900. The van der Waals surface area contributed by atoms with Crippen LogP contribution in [-0.2, 0) is 9.53 Å². The van der Waals surface area contributed by atoms with Crippen molar-refractivity contribution in [3.8, 4) is 0 Å². The minimum Gasteiger partial charge on any atom is -0.466 e. The highest BCUT2D eigenvalue weighted by Crippen LogP contribution is 2.23. The molecule has 1 unspecified atom stereocenters. The first-order chi connectivity index (χ1) is 7.06. The summed E-state index contributed by atoms with van der Waals surface area (Å²) in [7, 11) is 0. The Morgan fingerprint density at radius 3 is 2.80 bits per heavy atom. The average Bonchev–Trinajstić information content (AvgIpc) is 2.17. The molecular weight excluding hydrogens is 263 g/mol. The molecule has 0 bridgehead atoms. The van der Waals surface area contributed by atoms with Crippen LogP contribution in [0.1, 0.15) is 25.3 Å². The van der Waals surface area contributed by atoms with Crippen LogP contribution in [0.2, 0.25) is 0 Å². The second-order valence-electron chi connectivity index (χ2n) is 3.14. The van der Waals surface area contributed by atoms with Crippen LogP contribution in [0.4, 0.5) is 4.39 Å². The molecule has 15 heavy (non-hydrogen) atoms. The lowest BCUT2D eigenvalue weighted by atomic mass is 10.0. The Morgan fingerprint density at radius 1 is 1.60 bits per heavy atom. The van der Waals surface area contributed by atoms with Crippen LogP contribution in [-0.4, -0.2) is 12.6 Å². The summed E-state index contributed by atoms with van der Waals surface area (Å²) in [4.78, 5) is 11.4. The molecule has 0 amide bonds. The zero-order valence-electron chi connectivity index (χ0n) is 8.59. The maximum atomic E-state index is 13.5. The number of carbonyl (C=O) groups excluding carboxylic acids is 1. The molecule has 0 saturated carbocycles. The monoisotopic (exact) mass is 274 g/mol. The van der Waals surface area contributed by atoms with E-state index in [4.69, 9.17) is 4.74 Å². The highest BCUT2D eigenvalue weighted by atomic mass is 79.9. The van der Waals surface area contributed by atoms with E-state index in [1.165, 1.54) is 6.07 Å². The van der Waals surface area contributed by atoms with E-state index in [1.54, 1.807) is 26.0 Å². The number of hydrogen-bond donors (Lipinski definition) is 0. The molecule has 1 aromatic rings. The quantitative estimate of drug-likeness (QED) is 0.791. The lowest BCUT2D eigenvalue weighted by Gasteiger charge is -2.11. The van der Waals surface area contributed by atoms with E-state index >= 15 is 0 Å². The van der Waals surface area contributed by atoms with E-state index < -0.39 is 17.7 Å². The van der Waals surface area contributed by atoms with Crippen molar-refractivity contribution in [3.05, 3.63) is 34.1 Å². The molecule has 2 nitrogen and oxygen atoms in total. The summed E-state index contributed by atoms with van der Waals surface area (Å²) in [6, 6.07) is 4.63. The number of halogens is 2. The van der Waals surface area contributed by atoms with E-state index in [9.17, 15) is 9.18 Å². The highest BCUT2D eigenvalue weighted by Gasteiger charge is 2.19. The molecule has 0 radical (unpaired) electrons. The third-order valence-corrected chi connectivity index (χ3v) is 2.56. The van der Waals surface area contributed by atoms with Gasteiger partial charge < -0.3 is 4.74 Å². The molecule has 0 aliphatic rings. The van der Waals surface area contributed by atoms with Crippen LogP contribution >= 0.6 is 15.9 Å². The molecule has 0 fully saturated rings. The number of benzene rings is 1. The summed E-state index contributed by atoms with van der Waals surface area (Å²) < 4.78 is 18.9. The van der Waals surface area contributed by atoms with E-state index in [0.717, 1.165) is 0 Å². The van der Waals surface area contributed by atoms with Crippen molar-refractivity contribution in [1.82, 2.24) is 0 Å². The smallest absolute Gasteiger partial charge is 0.313 e. The molecule has 0 saturated heterocycles. The number of esters is 1. The molecule has 0 heterocycles. The summed E-state index contributed by atoms with van der Waals surface area (Å²) in [5.74, 6) is -1.37. The van der Waals surface area contributed by atoms with Crippen LogP contribution in [0.5, 0.6) is 0 Å². The van der Waals surface area contributed by atoms with E-state index in [0.29, 0.717) is 16.6 Å². The Balaban J connectivity index is 2.91. The summed E-state index contributed by atoms with van der Waals surface area (Å²) in [5.41, 5.74) is 0.358. The predicted molar refractivity (Wildman–Crippen MR) is 59.1 cm³/mol. The Labute approximate surface area is 96.6 Å². The van der Waals surface area contributed by atoms with Gasteiger partial charge in [-0.05, 0) is 26.0 Å². The third-order valence-electron chi connectivity index (χ3n) is 2.07. The largest absolute Gasteiger partial charge is 0.466 e. The van der Waals surface area contributed by atoms with Gasteiger partial charge in [0.25, 0.3) is 0 Å². The van der Waals surface area contributed by atoms with E-state index in [-0.39, 0.29) is 0 Å². The fourth-order valence-electron chi connectivity index (χ4n) is 1.25. The topological polar surface area (TPSA) is 26.3 Å². The summed E-state index contributed by atoms with van der Waals surface area (Å²) in [6.45, 7) is 3.66. The van der Waals surface area contributed by atoms with Gasteiger partial charge in [-0.1, -0.05) is 22.0 Å². The van der Waals surface area contributed by atoms with Gasteiger partial charge in [-0.3, -0.25) is 4.79 Å². The van der Waals surface area contributed by atoms with Crippen LogP contribution in [0.15, 0.2) is 22.7 Å². The average molecular weight is 275 g/mol. The molecule has 4 heteroatoms. The molecule has 1 aromatic carbocycles. The molecule has 1 rings (SSSR count). The van der Waals surface area contributed by atoms with Crippen molar-refractivity contribution in [1.29, 1.82) is 0 Å². The number of ether oxygens (including phenoxy) is 1. The second-order valence-corrected chi connectivity index (χ2v) is 4.06. The Morgan fingerprint density at radius 2 is 2.27 bits per heavy atom. The molecule has 0 aliphatic heterocycles. The standard InChI is InChI=1S/C11H12BrFO2/c1-3-15-11(14)7(2)9-5-4-8(12)6-10(9)13/h4-7H,3H2,1-2H3. The van der Waals surface area contributed by atoms with Gasteiger partial charge in [0.1, 0.15) is 5.82 Å². The number of rotatable bonds is 3. The minimum absolute atomic E-state index is 0.307. The lowest BCUT2D eigenvalue weighted by Crippen LogP contribution is -2.14. The Bertz CT molecular complexity index is 366. The van der Waals surface area contributed by atoms with Crippen molar-refractivity contribution in [2.75, 3.05) is 6.61 Å². The van der Waals surface area contributed by atoms with Crippen molar-refractivity contribution < 1.29 is 13.9 Å². The van der Waals surface area contributed by atoms with Crippen molar-refractivity contribution in [3.63, 3.8) is 0 Å². The summed E-state index contributed by atoms with van der Waals surface area (Å²) >= 11 is 3.16. The van der Waals surface area contributed by atoms with Gasteiger partial charge in [-0.2, -0.15) is 0 Å². The van der Waals surface area contributed by atoms with Crippen LogP contribution in [0.25, 0.3) is 0 Å². The summed E-state index contributed by atoms with van der Waals surface area (Å²) in [6.07, 6.45) is 0.